The molecule has 0 heterocycles. The first-order valence-electron chi connectivity index (χ1n) is 28.7. The number of aliphatic hydroxyl groups excluding tert-OH is 1. The van der Waals surface area contributed by atoms with Crippen LogP contribution in [0.4, 0.5) is 0 Å². The molecule has 0 aliphatic rings. The lowest BCUT2D eigenvalue weighted by Crippen LogP contribution is -2.63. The summed E-state index contributed by atoms with van der Waals surface area (Å²) in [7, 11) is 8.38. The molecule has 0 aromatic rings. The summed E-state index contributed by atoms with van der Waals surface area (Å²) in [6.07, 6.45) is 2.99. The number of hydrogen-bond acceptors (Lipinski definition) is 12. The fourth-order valence-electron chi connectivity index (χ4n) is 9.24. The van der Waals surface area contributed by atoms with Gasteiger partial charge >= 0.3 is 0 Å². The summed E-state index contributed by atoms with van der Waals surface area (Å²) in [5.41, 5.74) is 5.23. The van der Waals surface area contributed by atoms with Gasteiger partial charge in [0.15, 0.2) is 0 Å². The minimum Gasteiger partial charge on any atom is -0.390 e. The normalized spacial score (nSPS) is 15.8. The number of carbonyl (C=O) groups is 11. The lowest BCUT2D eigenvalue weighted by molar-refractivity contribution is -0.157. The van der Waals surface area contributed by atoms with Gasteiger partial charge in [-0.15, -0.1) is 0 Å². The van der Waals surface area contributed by atoms with Crippen LogP contribution in [-0.2, 0) is 52.7 Å². The number of nitrogens with two attached hydrogens (primary N) is 1. The zero-order chi connectivity index (χ0) is 63.2. The second kappa shape index (κ2) is 35.0. The largest absolute Gasteiger partial charge is 0.390 e. The first-order valence-corrected chi connectivity index (χ1v) is 28.7. The zero-order valence-corrected chi connectivity index (χ0v) is 53.0. The second-order valence-corrected chi connectivity index (χ2v) is 24.1. The summed E-state index contributed by atoms with van der Waals surface area (Å²) in [5, 5.41) is 22.8. The van der Waals surface area contributed by atoms with Crippen LogP contribution < -0.4 is 27.0 Å². The molecule has 11 atom stereocenters. The molecule has 81 heavy (non-hydrogen) atoms. The van der Waals surface area contributed by atoms with E-state index in [1.165, 1.54) is 70.8 Å². The highest BCUT2D eigenvalue weighted by atomic mass is 16.3. The third-order valence-electron chi connectivity index (χ3n) is 14.7. The molecule has 23 nitrogen and oxygen atoms in total. The molecule has 0 fully saturated rings. The Morgan fingerprint density at radius 1 is 0.481 bits per heavy atom. The predicted octanol–water partition coefficient (Wildman–Crippen LogP) is 2.14. The topological polar surface area (TPSA) is 302 Å². The molecule has 0 aromatic heterocycles. The Morgan fingerprint density at radius 2 is 0.938 bits per heavy atom. The Morgan fingerprint density at radius 3 is 1.38 bits per heavy atom. The van der Waals surface area contributed by atoms with E-state index in [4.69, 9.17) is 5.73 Å². The van der Waals surface area contributed by atoms with E-state index in [9.17, 15) is 48.3 Å². The molecule has 2 unspecified atom stereocenters. The number of allylic oxidation sites excluding steroid dienone is 2. The number of primary amides is 1. The van der Waals surface area contributed by atoms with Crippen LogP contribution in [0.25, 0.3) is 0 Å². The molecule has 0 aromatic carbocycles. The smallest absolute Gasteiger partial charge is 0.246 e. The number of amides is 11. The zero-order valence-electron chi connectivity index (χ0n) is 53.0. The standard InChI is InChI=1S/C58H105N11O12/c1-23-25-26-37(13)49(72)48(53(76)62-41(24-2)55(78)65(18)31-46(71)64(17)30-45(59)70)69(22)58(81)47(36(11)12)68(21)57(80)44(29-34(7)8)67(20)56(79)43(28-33(5)6)66(19)54(77)40(16)61-52(75)42(27-32(3)4)63-51(74)39(15)60-50(73)38(14)35(9)10/h23,25,32-44,47-49,72H,24,26-31H2,1-22H3,(H2,59,70)(H,60,73)(H,61,75)(H,62,76)(H,63,74)/b25-23-/t37-,38-,39+,40+,41+,42?,43+,44-,47-,48?,49+/m1/s1. The third-order valence-corrected chi connectivity index (χ3v) is 14.7. The Balaban J connectivity index is 7.06. The van der Waals surface area contributed by atoms with Crippen LogP contribution in [0.3, 0.4) is 0 Å². The van der Waals surface area contributed by atoms with E-state index >= 15 is 9.59 Å². The number of carbonyl (C=O) groups excluding carboxylic acids is 11. The van der Waals surface area contributed by atoms with E-state index in [1.54, 1.807) is 53.7 Å². The first-order chi connectivity index (χ1) is 37.3. The van der Waals surface area contributed by atoms with Crippen LogP contribution in [0.1, 0.15) is 143 Å². The molecule has 0 spiro atoms. The van der Waals surface area contributed by atoms with Crippen LogP contribution in [0.15, 0.2) is 12.2 Å². The van der Waals surface area contributed by atoms with Gasteiger partial charge in [-0.05, 0) is 88.4 Å². The van der Waals surface area contributed by atoms with Crippen LogP contribution in [0, 0.1) is 41.4 Å². The van der Waals surface area contributed by atoms with Gasteiger partial charge < -0.3 is 61.5 Å². The summed E-state index contributed by atoms with van der Waals surface area (Å²) in [4.78, 5) is 159. The molecule has 7 N–H and O–H groups in total. The van der Waals surface area contributed by atoms with Crippen LogP contribution >= 0.6 is 0 Å². The molecule has 0 radical (unpaired) electrons. The van der Waals surface area contributed by atoms with Crippen molar-refractivity contribution in [1.29, 1.82) is 0 Å². The fraction of sp³-hybridized carbons (Fsp3) is 0.776. The average Bonchev–Trinajstić information content (AvgIpc) is 3.38. The molecular weight excluding hydrogens is 1040 g/mol. The van der Waals surface area contributed by atoms with Crippen molar-refractivity contribution in [3.05, 3.63) is 12.2 Å². The van der Waals surface area contributed by atoms with Gasteiger partial charge in [0, 0.05) is 48.2 Å². The van der Waals surface area contributed by atoms with Crippen molar-refractivity contribution < 1.29 is 57.8 Å². The van der Waals surface area contributed by atoms with E-state index in [0.717, 1.165) is 14.7 Å². The fourth-order valence-corrected chi connectivity index (χ4v) is 9.24. The highest BCUT2D eigenvalue weighted by Gasteiger charge is 2.45. The lowest BCUT2D eigenvalue weighted by atomic mass is 9.91. The molecule has 0 aliphatic heterocycles. The van der Waals surface area contributed by atoms with Gasteiger partial charge in [0.2, 0.25) is 65.0 Å². The van der Waals surface area contributed by atoms with Crippen molar-refractivity contribution in [2.45, 2.75) is 197 Å². The third kappa shape index (κ3) is 23.3. The van der Waals surface area contributed by atoms with Crippen molar-refractivity contribution in [2.75, 3.05) is 55.4 Å². The molecule has 0 saturated heterocycles. The van der Waals surface area contributed by atoms with Crippen molar-refractivity contribution in [1.82, 2.24) is 50.7 Å². The van der Waals surface area contributed by atoms with Gasteiger partial charge in [0.25, 0.3) is 0 Å². The van der Waals surface area contributed by atoms with E-state index < -0.39 is 132 Å². The maximum Gasteiger partial charge on any atom is 0.246 e. The summed E-state index contributed by atoms with van der Waals surface area (Å²) >= 11 is 0. The van der Waals surface area contributed by atoms with Gasteiger partial charge in [0.1, 0.15) is 48.3 Å². The molecule has 0 bridgehead atoms. The molecule has 11 amide bonds. The number of nitrogens with zero attached hydrogens (tertiary/aromatic N) is 6. The van der Waals surface area contributed by atoms with E-state index in [2.05, 4.69) is 21.3 Å². The summed E-state index contributed by atoms with van der Waals surface area (Å²) in [6, 6.07) is -9.54. The maximum absolute atomic E-state index is 15.1. The van der Waals surface area contributed by atoms with Gasteiger partial charge in [-0.25, -0.2) is 0 Å². The van der Waals surface area contributed by atoms with Gasteiger partial charge in [-0.3, -0.25) is 52.7 Å². The first kappa shape index (κ1) is 74.9. The van der Waals surface area contributed by atoms with Crippen LogP contribution in [0.5, 0.6) is 0 Å². The van der Waals surface area contributed by atoms with Crippen LogP contribution in [-0.4, -0.2) is 209 Å². The Bertz CT molecular complexity index is 2170. The van der Waals surface area contributed by atoms with E-state index in [1.807, 2.05) is 55.4 Å². The predicted molar refractivity (Wildman–Crippen MR) is 312 cm³/mol. The van der Waals surface area contributed by atoms with Gasteiger partial charge in [-0.2, -0.15) is 0 Å². The number of hydrogen-bond donors (Lipinski definition) is 6. The molecule has 23 heteroatoms. The van der Waals surface area contributed by atoms with Gasteiger partial charge in [0.05, 0.1) is 19.2 Å². The highest BCUT2D eigenvalue weighted by Crippen LogP contribution is 2.25. The summed E-state index contributed by atoms with van der Waals surface area (Å²) < 4.78 is 0. The SMILES string of the molecule is C/C=C\C[C@@H](C)[C@H](O)C(C(=O)N[C@@H](CC)C(=O)N(C)CC(=O)N(C)CC(N)=O)N(C)C(=O)[C@@H](C(C)C)N(C)C(=O)[C@@H](CC(C)C)N(C)C(=O)[C@H](CC(C)C)N(C)C(=O)[C@H](C)NC(=O)C(CC(C)C)NC(=O)[C@H](C)NC(=O)[C@H](C)C(C)C. The van der Waals surface area contributed by atoms with Crippen LogP contribution in [0.2, 0.25) is 0 Å². The van der Waals surface area contributed by atoms with Crippen molar-refractivity contribution in [3.8, 4) is 0 Å². The Labute approximate surface area is 484 Å². The Hall–Kier alpha value is -6.13. The monoisotopic (exact) mass is 1150 g/mol. The number of rotatable bonds is 34. The van der Waals surface area contributed by atoms with Crippen molar-refractivity contribution >= 4 is 65.0 Å². The summed E-state index contributed by atoms with van der Waals surface area (Å²) in [6.45, 7) is 27.5. The molecule has 0 aliphatic carbocycles. The lowest BCUT2D eigenvalue weighted by Gasteiger charge is -2.41. The number of aliphatic hydroxyl groups is 1. The quantitative estimate of drug-likeness (QED) is 0.0506. The molecule has 0 rings (SSSR count). The molecule has 0 saturated carbocycles. The average molecular weight is 1150 g/mol. The minimum atomic E-state index is -1.59. The minimum absolute atomic E-state index is 0.0367. The number of nitrogens with one attached hydrogen (secondary N) is 4. The molecular formula is C58H105N11O12. The van der Waals surface area contributed by atoms with Gasteiger partial charge in [-0.1, -0.05) is 102 Å². The van der Waals surface area contributed by atoms with E-state index in [0.29, 0.717) is 6.42 Å². The van der Waals surface area contributed by atoms with E-state index in [-0.39, 0.29) is 67.7 Å². The highest BCUT2D eigenvalue weighted by molar-refractivity contribution is 5.98. The second-order valence-electron chi connectivity index (χ2n) is 24.1. The summed E-state index contributed by atoms with van der Waals surface area (Å²) in [5.74, 6) is -8.75. The Kier molecular flexibility index (Phi) is 32.3. The maximum atomic E-state index is 15.1. The molecule has 464 valence electrons. The van der Waals surface area contributed by atoms with Crippen molar-refractivity contribution in [3.63, 3.8) is 0 Å². The number of likely N-dealkylation sites (N-methyl/N-ethyl adjacent to an activating group) is 6. The van der Waals surface area contributed by atoms with Crippen molar-refractivity contribution in [2.24, 2.45) is 47.2 Å².